The number of methoxy groups -OCH3 is 3. The fourth-order valence-electron chi connectivity index (χ4n) is 4.14. The first-order valence-corrected chi connectivity index (χ1v) is 11.2. The Morgan fingerprint density at radius 3 is 2.38 bits per heavy atom. The van der Waals surface area contributed by atoms with Crippen LogP contribution in [0.1, 0.15) is 23.5 Å². The summed E-state index contributed by atoms with van der Waals surface area (Å²) in [6, 6.07) is 16.2. The van der Waals surface area contributed by atoms with Gasteiger partial charge in [0.1, 0.15) is 0 Å². The number of nitrogens with zero attached hydrogens (tertiary/aromatic N) is 3. The van der Waals surface area contributed by atoms with Gasteiger partial charge in [-0.15, -0.1) is 0 Å². The molecule has 2 aromatic rings. The summed E-state index contributed by atoms with van der Waals surface area (Å²) in [7, 11) is 4.65. The number of nitriles is 1. The standard InChI is InChI=1S/C24H25N3O4S/c1-29-20-9-17(10-21(30-2)23(20)31-3)18-11-22(28)27-14-26(13-16-7-5-4-6-8-16)15-32-24(27)19(18)12-25/h4-10,18H,11,13-15H2,1-3H3. The summed E-state index contributed by atoms with van der Waals surface area (Å²) in [4.78, 5) is 17.1. The quantitative estimate of drug-likeness (QED) is 0.659. The van der Waals surface area contributed by atoms with E-state index in [1.807, 2.05) is 30.3 Å². The highest BCUT2D eigenvalue weighted by molar-refractivity contribution is 8.03. The number of fused-ring (bicyclic) bond motifs is 1. The lowest BCUT2D eigenvalue weighted by atomic mass is 9.86. The van der Waals surface area contributed by atoms with Gasteiger partial charge < -0.3 is 14.2 Å². The smallest absolute Gasteiger partial charge is 0.229 e. The summed E-state index contributed by atoms with van der Waals surface area (Å²) in [5, 5.41) is 10.8. The van der Waals surface area contributed by atoms with E-state index < -0.39 is 0 Å². The molecule has 2 aromatic carbocycles. The predicted molar refractivity (Wildman–Crippen MR) is 122 cm³/mol. The predicted octanol–water partition coefficient (Wildman–Crippen LogP) is 3.93. The number of hydrogen-bond donors (Lipinski definition) is 0. The molecule has 4 rings (SSSR count). The van der Waals surface area contributed by atoms with Crippen molar-refractivity contribution in [2.45, 2.75) is 18.9 Å². The maximum Gasteiger partial charge on any atom is 0.229 e. The van der Waals surface area contributed by atoms with Crippen LogP contribution in [0.3, 0.4) is 0 Å². The molecule has 0 radical (unpaired) electrons. The normalized spacial score (nSPS) is 18.8. The number of rotatable bonds is 6. The summed E-state index contributed by atoms with van der Waals surface area (Å²) in [5.74, 6) is 1.84. The molecule has 0 aromatic heterocycles. The van der Waals surface area contributed by atoms with Gasteiger partial charge in [-0.3, -0.25) is 14.6 Å². The fourth-order valence-corrected chi connectivity index (χ4v) is 5.27. The van der Waals surface area contributed by atoms with Crippen LogP contribution in [0.5, 0.6) is 17.2 Å². The largest absolute Gasteiger partial charge is 0.493 e. The minimum atomic E-state index is -0.361. The van der Waals surface area contributed by atoms with Crippen LogP contribution in [0.2, 0.25) is 0 Å². The molecule has 0 aliphatic carbocycles. The van der Waals surface area contributed by atoms with Crippen LogP contribution < -0.4 is 14.2 Å². The topological polar surface area (TPSA) is 75.0 Å². The zero-order valence-corrected chi connectivity index (χ0v) is 19.1. The fraction of sp³-hybridized carbons (Fsp3) is 0.333. The first-order valence-electron chi connectivity index (χ1n) is 10.2. The van der Waals surface area contributed by atoms with E-state index in [1.165, 1.54) is 17.3 Å². The SMILES string of the molecule is COc1cc(C2CC(=O)N3CN(Cc4ccccc4)CSC3=C2C#N)cc(OC)c1OC. The van der Waals surface area contributed by atoms with Crippen LogP contribution in [-0.2, 0) is 11.3 Å². The number of carbonyl (C=O) groups is 1. The minimum Gasteiger partial charge on any atom is -0.493 e. The molecule has 1 unspecified atom stereocenters. The summed E-state index contributed by atoms with van der Waals surface area (Å²) in [6.45, 7) is 1.23. The van der Waals surface area contributed by atoms with Crippen molar-refractivity contribution in [1.82, 2.24) is 9.80 Å². The van der Waals surface area contributed by atoms with Gasteiger partial charge in [-0.05, 0) is 23.3 Å². The molecule has 8 heteroatoms. The third kappa shape index (κ3) is 4.14. The monoisotopic (exact) mass is 451 g/mol. The summed E-state index contributed by atoms with van der Waals surface area (Å²) < 4.78 is 16.4. The molecule has 1 atom stereocenters. The van der Waals surface area contributed by atoms with Crippen molar-refractivity contribution in [1.29, 1.82) is 5.26 Å². The third-order valence-corrected chi connectivity index (χ3v) is 6.90. The van der Waals surface area contributed by atoms with Crippen molar-refractivity contribution in [2.24, 2.45) is 0 Å². The Morgan fingerprint density at radius 1 is 1.09 bits per heavy atom. The van der Waals surface area contributed by atoms with Gasteiger partial charge in [0.15, 0.2) is 11.5 Å². The molecule has 0 spiro atoms. The van der Waals surface area contributed by atoms with Crippen LogP contribution in [0.4, 0.5) is 0 Å². The van der Waals surface area contributed by atoms with Gasteiger partial charge in [0.2, 0.25) is 11.7 Å². The van der Waals surface area contributed by atoms with E-state index in [4.69, 9.17) is 14.2 Å². The van der Waals surface area contributed by atoms with E-state index >= 15 is 0 Å². The number of benzene rings is 2. The molecular formula is C24H25N3O4S. The van der Waals surface area contributed by atoms with Gasteiger partial charge in [0, 0.05) is 18.9 Å². The highest BCUT2D eigenvalue weighted by Crippen LogP contribution is 2.46. The van der Waals surface area contributed by atoms with Crippen LogP contribution in [0, 0.1) is 11.3 Å². The van der Waals surface area contributed by atoms with E-state index in [2.05, 4.69) is 23.1 Å². The van der Waals surface area contributed by atoms with Gasteiger partial charge in [-0.1, -0.05) is 42.1 Å². The van der Waals surface area contributed by atoms with Gasteiger partial charge in [0.25, 0.3) is 0 Å². The summed E-state index contributed by atoms with van der Waals surface area (Å²) in [6.07, 6.45) is 0.213. The molecule has 32 heavy (non-hydrogen) atoms. The van der Waals surface area contributed by atoms with Crippen molar-refractivity contribution in [3.63, 3.8) is 0 Å². The number of carbonyl (C=O) groups excluding carboxylic acids is 1. The van der Waals surface area contributed by atoms with Crippen LogP contribution in [-0.4, -0.2) is 49.6 Å². The molecule has 166 valence electrons. The van der Waals surface area contributed by atoms with Crippen molar-refractivity contribution in [2.75, 3.05) is 33.9 Å². The van der Waals surface area contributed by atoms with Crippen molar-refractivity contribution in [3.8, 4) is 23.3 Å². The zero-order chi connectivity index (χ0) is 22.7. The Kier molecular flexibility index (Phi) is 6.58. The highest BCUT2D eigenvalue weighted by atomic mass is 32.2. The Labute approximate surface area is 192 Å². The number of thioether (sulfide) groups is 1. The van der Waals surface area contributed by atoms with Crippen molar-refractivity contribution < 1.29 is 19.0 Å². The number of allylic oxidation sites excluding steroid dienone is 1. The van der Waals surface area contributed by atoms with Crippen molar-refractivity contribution >= 4 is 17.7 Å². The molecule has 2 aliphatic heterocycles. The molecule has 7 nitrogen and oxygen atoms in total. The lowest BCUT2D eigenvalue weighted by Gasteiger charge is -2.41. The molecule has 0 bridgehead atoms. The maximum absolute atomic E-state index is 13.2. The molecule has 2 aliphatic rings. The molecule has 0 saturated carbocycles. The first-order chi connectivity index (χ1) is 15.6. The van der Waals surface area contributed by atoms with E-state index in [-0.39, 0.29) is 18.2 Å². The molecule has 0 N–H and O–H groups in total. The minimum absolute atomic E-state index is 0.00279. The van der Waals surface area contributed by atoms with Crippen LogP contribution in [0.15, 0.2) is 53.1 Å². The van der Waals surface area contributed by atoms with Gasteiger partial charge >= 0.3 is 0 Å². The molecular weight excluding hydrogens is 426 g/mol. The molecule has 1 saturated heterocycles. The second-order valence-corrected chi connectivity index (χ2v) is 8.53. The maximum atomic E-state index is 13.2. The van der Waals surface area contributed by atoms with E-state index in [0.29, 0.717) is 35.4 Å². The number of ether oxygens (including phenoxy) is 3. The highest BCUT2D eigenvalue weighted by Gasteiger charge is 2.38. The number of hydrogen-bond acceptors (Lipinski definition) is 7. The van der Waals surface area contributed by atoms with Gasteiger partial charge in [-0.2, -0.15) is 5.26 Å². The van der Waals surface area contributed by atoms with Crippen LogP contribution >= 0.6 is 11.8 Å². The van der Waals surface area contributed by atoms with Crippen LogP contribution in [0.25, 0.3) is 0 Å². The van der Waals surface area contributed by atoms with Gasteiger partial charge in [0.05, 0.1) is 50.5 Å². The molecule has 1 amide bonds. The lowest BCUT2D eigenvalue weighted by molar-refractivity contribution is -0.131. The van der Waals surface area contributed by atoms with Gasteiger partial charge in [-0.25, -0.2) is 0 Å². The summed E-state index contributed by atoms with van der Waals surface area (Å²) >= 11 is 1.54. The average molecular weight is 452 g/mol. The first kappa shape index (κ1) is 22.1. The number of amides is 1. The third-order valence-electron chi connectivity index (χ3n) is 5.69. The second kappa shape index (κ2) is 9.55. The molecule has 2 heterocycles. The Balaban J connectivity index is 1.65. The van der Waals surface area contributed by atoms with Crippen molar-refractivity contribution in [3.05, 3.63) is 64.2 Å². The average Bonchev–Trinajstić information content (AvgIpc) is 2.83. The Hall–Kier alpha value is -3.15. The Bertz CT molecular complexity index is 1060. The Morgan fingerprint density at radius 2 is 1.78 bits per heavy atom. The van der Waals surface area contributed by atoms with E-state index in [1.54, 1.807) is 26.2 Å². The zero-order valence-electron chi connectivity index (χ0n) is 18.3. The summed E-state index contributed by atoms with van der Waals surface area (Å²) in [5.41, 5.74) is 2.59. The van der Waals surface area contributed by atoms with E-state index in [0.717, 1.165) is 17.1 Å². The van der Waals surface area contributed by atoms with E-state index in [9.17, 15) is 10.1 Å². The molecule has 1 fully saturated rings. The second-order valence-electron chi connectivity index (χ2n) is 7.60. The lowest BCUT2D eigenvalue weighted by Crippen LogP contribution is -2.46.